The largest absolute Gasteiger partial charge is 0.494 e. The molecule has 1 atom stereocenters. The highest BCUT2D eigenvalue weighted by molar-refractivity contribution is 7.11. The number of aromatic nitrogens is 1. The monoisotopic (exact) mass is 290 g/mol. The Labute approximate surface area is 125 Å². The highest BCUT2D eigenvalue weighted by Crippen LogP contribution is 2.28. The second-order valence-corrected chi connectivity index (χ2v) is 5.96. The minimum absolute atomic E-state index is 0.214. The molecule has 1 N–H and O–H groups in total. The zero-order chi connectivity index (χ0) is 14.4. The van der Waals surface area contributed by atoms with Crippen LogP contribution in [0.3, 0.4) is 0 Å². The molecule has 0 aliphatic carbocycles. The lowest BCUT2D eigenvalue weighted by Crippen LogP contribution is -2.21. The summed E-state index contributed by atoms with van der Waals surface area (Å²) in [7, 11) is 0. The average Bonchev–Trinajstić information content (AvgIpc) is 2.89. The number of nitrogens with one attached hydrogen (secondary N) is 1. The standard InChI is InChI=1S/C16H22N2OS/c1-4-10-19-14-8-6-13(7-9-14)16(17-5-2)15-11-18-12(3)20-15/h6-9,11,16-17H,4-5,10H2,1-3H3. The molecular formula is C16H22N2OS. The molecule has 0 fully saturated rings. The molecule has 1 aromatic heterocycles. The Balaban J connectivity index is 2.17. The van der Waals surface area contributed by atoms with E-state index in [-0.39, 0.29) is 6.04 Å². The molecule has 2 aromatic rings. The predicted octanol–water partition coefficient (Wildman–Crippen LogP) is 3.94. The summed E-state index contributed by atoms with van der Waals surface area (Å²) in [6.07, 6.45) is 3.00. The van der Waals surface area contributed by atoms with E-state index < -0.39 is 0 Å². The van der Waals surface area contributed by atoms with Crippen LogP contribution in [0, 0.1) is 6.92 Å². The van der Waals surface area contributed by atoms with Gasteiger partial charge in [0.15, 0.2) is 0 Å². The first-order chi connectivity index (χ1) is 9.74. The summed E-state index contributed by atoms with van der Waals surface area (Å²) in [5.74, 6) is 0.936. The van der Waals surface area contributed by atoms with Crippen LogP contribution in [-0.4, -0.2) is 18.1 Å². The minimum Gasteiger partial charge on any atom is -0.494 e. The van der Waals surface area contributed by atoms with Gasteiger partial charge in [0.1, 0.15) is 5.75 Å². The Morgan fingerprint density at radius 1 is 1.25 bits per heavy atom. The highest BCUT2D eigenvalue weighted by atomic mass is 32.1. The molecule has 1 heterocycles. The van der Waals surface area contributed by atoms with E-state index in [4.69, 9.17) is 4.74 Å². The summed E-state index contributed by atoms with van der Waals surface area (Å²) < 4.78 is 5.63. The van der Waals surface area contributed by atoms with Gasteiger partial charge >= 0.3 is 0 Å². The van der Waals surface area contributed by atoms with Crippen molar-refractivity contribution in [3.8, 4) is 5.75 Å². The van der Waals surface area contributed by atoms with E-state index in [1.54, 1.807) is 11.3 Å². The lowest BCUT2D eigenvalue weighted by molar-refractivity contribution is 0.317. The Bertz CT molecular complexity index is 522. The number of thiazole rings is 1. The molecule has 0 spiro atoms. The van der Waals surface area contributed by atoms with E-state index in [2.05, 4.69) is 36.3 Å². The van der Waals surface area contributed by atoms with Gasteiger partial charge in [-0.15, -0.1) is 11.3 Å². The quantitative estimate of drug-likeness (QED) is 0.838. The maximum atomic E-state index is 5.63. The second-order valence-electron chi connectivity index (χ2n) is 4.69. The van der Waals surface area contributed by atoms with E-state index in [0.717, 1.165) is 30.3 Å². The zero-order valence-electron chi connectivity index (χ0n) is 12.3. The van der Waals surface area contributed by atoms with Crippen molar-refractivity contribution in [3.05, 3.63) is 45.9 Å². The number of benzene rings is 1. The van der Waals surface area contributed by atoms with Gasteiger partial charge in [-0.05, 0) is 37.6 Å². The van der Waals surface area contributed by atoms with Crippen LogP contribution in [0.5, 0.6) is 5.75 Å². The van der Waals surface area contributed by atoms with Crippen LogP contribution < -0.4 is 10.1 Å². The molecule has 1 aromatic carbocycles. The van der Waals surface area contributed by atoms with Crippen LogP contribution in [-0.2, 0) is 0 Å². The maximum absolute atomic E-state index is 5.63. The van der Waals surface area contributed by atoms with Crippen LogP contribution in [0.1, 0.15) is 41.8 Å². The lowest BCUT2D eigenvalue weighted by atomic mass is 10.1. The van der Waals surface area contributed by atoms with Crippen molar-refractivity contribution in [1.82, 2.24) is 10.3 Å². The molecular weight excluding hydrogens is 268 g/mol. The van der Waals surface area contributed by atoms with Crippen LogP contribution >= 0.6 is 11.3 Å². The third-order valence-corrected chi connectivity index (χ3v) is 4.00. The Morgan fingerprint density at radius 2 is 2.00 bits per heavy atom. The summed E-state index contributed by atoms with van der Waals surface area (Å²) >= 11 is 1.74. The van der Waals surface area contributed by atoms with Crippen molar-refractivity contribution in [3.63, 3.8) is 0 Å². The summed E-state index contributed by atoms with van der Waals surface area (Å²) in [6, 6.07) is 8.57. The van der Waals surface area contributed by atoms with Crippen molar-refractivity contribution in [2.24, 2.45) is 0 Å². The number of hydrogen-bond donors (Lipinski definition) is 1. The van der Waals surface area contributed by atoms with Crippen molar-refractivity contribution in [1.29, 1.82) is 0 Å². The molecule has 0 radical (unpaired) electrons. The Morgan fingerprint density at radius 3 is 2.55 bits per heavy atom. The molecule has 1 unspecified atom stereocenters. The van der Waals surface area contributed by atoms with Crippen molar-refractivity contribution >= 4 is 11.3 Å². The highest BCUT2D eigenvalue weighted by Gasteiger charge is 2.15. The van der Waals surface area contributed by atoms with Crippen LogP contribution in [0.4, 0.5) is 0 Å². The van der Waals surface area contributed by atoms with E-state index in [1.165, 1.54) is 10.4 Å². The van der Waals surface area contributed by atoms with Gasteiger partial charge in [-0.3, -0.25) is 0 Å². The molecule has 0 saturated carbocycles. The molecule has 0 saturated heterocycles. The fourth-order valence-corrected chi connectivity index (χ4v) is 2.96. The first-order valence-electron chi connectivity index (χ1n) is 7.13. The van der Waals surface area contributed by atoms with Gasteiger partial charge in [0, 0.05) is 11.1 Å². The maximum Gasteiger partial charge on any atom is 0.119 e. The van der Waals surface area contributed by atoms with E-state index in [0.29, 0.717) is 0 Å². The third-order valence-electron chi connectivity index (χ3n) is 3.02. The summed E-state index contributed by atoms with van der Waals surface area (Å²) in [4.78, 5) is 5.61. The molecule has 0 aliphatic rings. The zero-order valence-corrected chi connectivity index (χ0v) is 13.2. The first-order valence-corrected chi connectivity index (χ1v) is 7.94. The van der Waals surface area contributed by atoms with Crippen LogP contribution in [0.2, 0.25) is 0 Å². The minimum atomic E-state index is 0.214. The van der Waals surface area contributed by atoms with Gasteiger partial charge in [-0.25, -0.2) is 4.98 Å². The molecule has 2 rings (SSSR count). The number of hydrogen-bond acceptors (Lipinski definition) is 4. The number of ether oxygens (including phenoxy) is 1. The van der Waals surface area contributed by atoms with Crippen LogP contribution in [0.15, 0.2) is 30.5 Å². The van der Waals surface area contributed by atoms with Crippen LogP contribution in [0.25, 0.3) is 0 Å². The number of rotatable bonds is 7. The topological polar surface area (TPSA) is 34.1 Å². The summed E-state index contributed by atoms with van der Waals surface area (Å²) in [6.45, 7) is 7.97. The molecule has 0 amide bonds. The Hall–Kier alpha value is -1.39. The van der Waals surface area contributed by atoms with Crippen molar-refractivity contribution < 1.29 is 4.74 Å². The first kappa shape index (κ1) is 15.0. The number of nitrogens with zero attached hydrogens (tertiary/aromatic N) is 1. The molecule has 0 bridgehead atoms. The smallest absolute Gasteiger partial charge is 0.119 e. The molecule has 0 aliphatic heterocycles. The van der Waals surface area contributed by atoms with Crippen molar-refractivity contribution in [2.75, 3.05) is 13.2 Å². The van der Waals surface area contributed by atoms with Gasteiger partial charge in [0.05, 0.1) is 17.7 Å². The lowest BCUT2D eigenvalue weighted by Gasteiger charge is -2.17. The molecule has 4 heteroatoms. The van der Waals surface area contributed by atoms with Gasteiger partial charge in [-0.1, -0.05) is 26.0 Å². The fourth-order valence-electron chi connectivity index (χ4n) is 2.07. The SMILES string of the molecule is CCCOc1ccc(C(NCC)c2cnc(C)s2)cc1. The Kier molecular flexibility index (Phi) is 5.56. The van der Waals surface area contributed by atoms with E-state index in [1.807, 2.05) is 25.3 Å². The van der Waals surface area contributed by atoms with Crippen molar-refractivity contribution in [2.45, 2.75) is 33.2 Å². The second kappa shape index (κ2) is 7.41. The van der Waals surface area contributed by atoms with Gasteiger partial charge in [-0.2, -0.15) is 0 Å². The summed E-state index contributed by atoms with van der Waals surface area (Å²) in [5, 5.41) is 4.62. The molecule has 108 valence electrons. The predicted molar refractivity (Wildman–Crippen MR) is 84.6 cm³/mol. The molecule has 20 heavy (non-hydrogen) atoms. The third kappa shape index (κ3) is 3.81. The normalized spacial score (nSPS) is 12.3. The van der Waals surface area contributed by atoms with Gasteiger partial charge < -0.3 is 10.1 Å². The van der Waals surface area contributed by atoms with E-state index in [9.17, 15) is 0 Å². The average molecular weight is 290 g/mol. The fraction of sp³-hybridized carbons (Fsp3) is 0.438. The van der Waals surface area contributed by atoms with E-state index >= 15 is 0 Å². The van der Waals surface area contributed by atoms with Gasteiger partial charge in [0.25, 0.3) is 0 Å². The summed E-state index contributed by atoms with van der Waals surface area (Å²) in [5.41, 5.74) is 1.25. The van der Waals surface area contributed by atoms with Gasteiger partial charge in [0.2, 0.25) is 0 Å². The molecule has 3 nitrogen and oxygen atoms in total. The number of aryl methyl sites for hydroxylation is 1.